The Labute approximate surface area is 147 Å². The highest BCUT2D eigenvalue weighted by Gasteiger charge is 2.06. The lowest BCUT2D eigenvalue weighted by Crippen LogP contribution is -1.91. The van der Waals surface area contributed by atoms with E-state index in [0.29, 0.717) is 0 Å². The van der Waals surface area contributed by atoms with Gasteiger partial charge in [0.2, 0.25) is 0 Å². The SMILES string of the molecule is C[C@@H](N=Cc1cc2cc3ccccc3cc2cc1O)c1ccccc1. The molecule has 1 atom stereocenters. The van der Waals surface area contributed by atoms with Gasteiger partial charge in [0.1, 0.15) is 5.75 Å². The number of hydrogen-bond acceptors (Lipinski definition) is 2. The van der Waals surface area contributed by atoms with Gasteiger partial charge in [-0.3, -0.25) is 4.99 Å². The maximum Gasteiger partial charge on any atom is 0.124 e. The van der Waals surface area contributed by atoms with Crippen LogP contribution in [0.4, 0.5) is 0 Å². The van der Waals surface area contributed by atoms with Gasteiger partial charge < -0.3 is 5.11 Å². The number of aliphatic imine (C=N–C) groups is 1. The van der Waals surface area contributed by atoms with Gasteiger partial charge in [-0.25, -0.2) is 0 Å². The van der Waals surface area contributed by atoms with E-state index in [4.69, 9.17) is 0 Å². The molecular formula is C23H19NO. The molecule has 0 saturated carbocycles. The predicted octanol–water partition coefficient (Wildman–Crippen LogP) is 5.88. The highest BCUT2D eigenvalue weighted by atomic mass is 16.3. The highest BCUT2D eigenvalue weighted by molar-refractivity contribution is 6.01. The fourth-order valence-corrected chi connectivity index (χ4v) is 3.11. The standard InChI is InChI=1S/C23H19NO/c1-16(17-7-3-2-4-8-17)24-15-22-13-20-11-18-9-5-6-10-19(18)12-21(20)14-23(22)25/h2-16,25H,1H3/t16-/m1/s1. The summed E-state index contributed by atoms with van der Waals surface area (Å²) in [6.45, 7) is 2.05. The zero-order chi connectivity index (χ0) is 17.2. The third-order valence-corrected chi connectivity index (χ3v) is 4.57. The van der Waals surface area contributed by atoms with E-state index in [1.54, 1.807) is 6.21 Å². The summed E-state index contributed by atoms with van der Waals surface area (Å²) < 4.78 is 0. The van der Waals surface area contributed by atoms with Crippen molar-refractivity contribution in [1.29, 1.82) is 0 Å². The number of rotatable bonds is 3. The van der Waals surface area contributed by atoms with Crippen LogP contribution in [0.3, 0.4) is 0 Å². The third-order valence-electron chi connectivity index (χ3n) is 4.57. The number of phenols is 1. The average Bonchev–Trinajstić information content (AvgIpc) is 2.65. The molecule has 0 radical (unpaired) electrons. The first-order valence-electron chi connectivity index (χ1n) is 8.44. The van der Waals surface area contributed by atoms with E-state index in [2.05, 4.69) is 48.3 Å². The second kappa shape index (κ2) is 6.40. The van der Waals surface area contributed by atoms with Crippen molar-refractivity contribution in [2.75, 3.05) is 0 Å². The summed E-state index contributed by atoms with van der Waals surface area (Å²) in [6.07, 6.45) is 1.77. The Balaban J connectivity index is 1.73. The molecule has 0 aliphatic heterocycles. The molecule has 2 nitrogen and oxygen atoms in total. The van der Waals surface area contributed by atoms with Crippen molar-refractivity contribution in [2.24, 2.45) is 4.99 Å². The van der Waals surface area contributed by atoms with Gasteiger partial charge in [-0.1, -0.05) is 54.6 Å². The van der Waals surface area contributed by atoms with E-state index < -0.39 is 0 Å². The second-order valence-electron chi connectivity index (χ2n) is 6.32. The molecule has 0 saturated heterocycles. The van der Waals surface area contributed by atoms with E-state index in [1.807, 2.05) is 42.5 Å². The van der Waals surface area contributed by atoms with E-state index >= 15 is 0 Å². The first kappa shape index (κ1) is 15.4. The molecule has 0 unspecified atom stereocenters. The summed E-state index contributed by atoms with van der Waals surface area (Å²) >= 11 is 0. The van der Waals surface area contributed by atoms with Gasteiger partial charge in [-0.2, -0.15) is 0 Å². The average molecular weight is 325 g/mol. The maximum atomic E-state index is 10.4. The first-order valence-corrected chi connectivity index (χ1v) is 8.44. The molecule has 1 N–H and O–H groups in total. The Hall–Kier alpha value is -3.13. The van der Waals surface area contributed by atoms with Crippen molar-refractivity contribution in [3.63, 3.8) is 0 Å². The molecule has 122 valence electrons. The van der Waals surface area contributed by atoms with Gasteiger partial charge in [0.15, 0.2) is 0 Å². The number of phenolic OH excluding ortho intramolecular Hbond substituents is 1. The quantitative estimate of drug-likeness (QED) is 0.370. The lowest BCUT2D eigenvalue weighted by Gasteiger charge is -2.08. The van der Waals surface area contributed by atoms with Gasteiger partial charge in [-0.05, 0) is 58.3 Å². The van der Waals surface area contributed by atoms with Gasteiger partial charge in [0.05, 0.1) is 6.04 Å². The maximum absolute atomic E-state index is 10.4. The predicted molar refractivity (Wildman–Crippen MR) is 106 cm³/mol. The molecule has 25 heavy (non-hydrogen) atoms. The molecule has 2 heteroatoms. The Morgan fingerprint density at radius 3 is 2.04 bits per heavy atom. The van der Waals surface area contributed by atoms with Gasteiger partial charge in [0.25, 0.3) is 0 Å². The van der Waals surface area contributed by atoms with Crippen molar-refractivity contribution in [2.45, 2.75) is 13.0 Å². The minimum atomic E-state index is 0.0490. The third kappa shape index (κ3) is 3.11. The van der Waals surface area contributed by atoms with Crippen molar-refractivity contribution >= 4 is 27.8 Å². The van der Waals surface area contributed by atoms with Crippen LogP contribution in [0.25, 0.3) is 21.5 Å². The molecule has 0 fully saturated rings. The fourth-order valence-electron chi connectivity index (χ4n) is 3.11. The number of fused-ring (bicyclic) bond motifs is 2. The molecule has 0 aliphatic carbocycles. The minimum absolute atomic E-state index is 0.0490. The Morgan fingerprint density at radius 2 is 1.36 bits per heavy atom. The zero-order valence-corrected chi connectivity index (χ0v) is 14.1. The second-order valence-corrected chi connectivity index (χ2v) is 6.32. The van der Waals surface area contributed by atoms with Gasteiger partial charge in [0, 0.05) is 11.8 Å². The molecule has 0 bridgehead atoms. The topological polar surface area (TPSA) is 32.6 Å². The van der Waals surface area contributed by atoms with E-state index in [1.165, 1.54) is 10.8 Å². The fraction of sp³-hybridized carbons (Fsp3) is 0.0870. The zero-order valence-electron chi connectivity index (χ0n) is 14.1. The van der Waals surface area contributed by atoms with Gasteiger partial charge in [-0.15, -0.1) is 0 Å². The molecule has 4 rings (SSSR count). The molecule has 0 amide bonds. The summed E-state index contributed by atoms with van der Waals surface area (Å²) in [6, 6.07) is 26.5. The molecule has 0 aliphatic rings. The smallest absolute Gasteiger partial charge is 0.124 e. The summed E-state index contributed by atoms with van der Waals surface area (Å²) in [4.78, 5) is 4.61. The van der Waals surface area contributed by atoms with E-state index in [9.17, 15) is 5.11 Å². The lowest BCUT2D eigenvalue weighted by molar-refractivity contribution is 0.475. The van der Waals surface area contributed by atoms with Crippen LogP contribution in [0.15, 0.2) is 83.9 Å². The number of aromatic hydroxyl groups is 1. The van der Waals surface area contributed by atoms with Crippen LogP contribution in [0, 0.1) is 0 Å². The lowest BCUT2D eigenvalue weighted by atomic mass is 10.0. The summed E-state index contributed by atoms with van der Waals surface area (Å²) in [5, 5.41) is 14.9. The van der Waals surface area contributed by atoms with Crippen LogP contribution >= 0.6 is 0 Å². The molecule has 0 spiro atoms. The molecule has 0 heterocycles. The largest absolute Gasteiger partial charge is 0.507 e. The molecule has 0 aromatic heterocycles. The van der Waals surface area contributed by atoms with Crippen molar-refractivity contribution in [3.05, 3.63) is 90.0 Å². The van der Waals surface area contributed by atoms with Crippen molar-refractivity contribution < 1.29 is 5.11 Å². The Bertz CT molecular complexity index is 1070. The van der Waals surface area contributed by atoms with E-state index in [0.717, 1.165) is 21.9 Å². The first-order chi connectivity index (χ1) is 12.2. The van der Waals surface area contributed by atoms with Gasteiger partial charge >= 0.3 is 0 Å². The minimum Gasteiger partial charge on any atom is -0.507 e. The highest BCUT2D eigenvalue weighted by Crippen LogP contribution is 2.28. The van der Waals surface area contributed by atoms with Crippen LogP contribution in [0.5, 0.6) is 5.75 Å². The van der Waals surface area contributed by atoms with Crippen molar-refractivity contribution in [1.82, 2.24) is 0 Å². The van der Waals surface area contributed by atoms with Crippen LogP contribution in [0.1, 0.15) is 24.1 Å². The summed E-state index contributed by atoms with van der Waals surface area (Å²) in [5.41, 5.74) is 1.90. The van der Waals surface area contributed by atoms with Crippen LogP contribution in [0.2, 0.25) is 0 Å². The van der Waals surface area contributed by atoms with Crippen LogP contribution < -0.4 is 0 Å². The van der Waals surface area contributed by atoms with Crippen LogP contribution in [-0.4, -0.2) is 11.3 Å². The van der Waals surface area contributed by atoms with E-state index in [-0.39, 0.29) is 11.8 Å². The normalized spacial score (nSPS) is 12.8. The Kier molecular flexibility index (Phi) is 3.95. The van der Waals surface area contributed by atoms with Crippen LogP contribution in [-0.2, 0) is 0 Å². The number of hydrogen-bond donors (Lipinski definition) is 1. The Morgan fingerprint density at radius 1 is 0.760 bits per heavy atom. The number of benzene rings is 4. The molecule has 4 aromatic carbocycles. The monoisotopic (exact) mass is 325 g/mol. The molecular weight excluding hydrogens is 306 g/mol. The van der Waals surface area contributed by atoms with Crippen molar-refractivity contribution in [3.8, 4) is 5.75 Å². The summed E-state index contributed by atoms with van der Waals surface area (Å²) in [7, 11) is 0. The molecule has 4 aromatic rings. The number of nitrogens with zero attached hydrogens (tertiary/aromatic N) is 1. The summed E-state index contributed by atoms with van der Waals surface area (Å²) in [5.74, 6) is 0.256.